The first kappa shape index (κ1) is 17.9. The SMILES string of the molecule is COc1cccc(C2OC2COc2ccc(CC3SC(=O)NC3=O)cc2)c1. The standard InChI is InChI=1S/C20H19NO5S/c1-24-15-4-2-3-13(10-15)18-16(26-18)11-25-14-7-5-12(6-8-14)9-17-19(22)21-20(23)27-17/h2-8,10,16-18H,9,11H2,1H3,(H,21,22,23). The molecule has 2 amide bonds. The Hall–Kier alpha value is -2.51. The van der Waals surface area contributed by atoms with Gasteiger partial charge in [0.2, 0.25) is 5.91 Å². The van der Waals surface area contributed by atoms with E-state index in [0.29, 0.717) is 13.0 Å². The number of hydrogen-bond donors (Lipinski definition) is 1. The second kappa shape index (κ2) is 7.62. The number of benzene rings is 2. The van der Waals surface area contributed by atoms with Crippen molar-refractivity contribution < 1.29 is 23.8 Å². The van der Waals surface area contributed by atoms with Crippen molar-refractivity contribution in [3.8, 4) is 11.5 Å². The topological polar surface area (TPSA) is 77.2 Å². The zero-order chi connectivity index (χ0) is 18.8. The summed E-state index contributed by atoms with van der Waals surface area (Å²) in [7, 11) is 1.65. The Kier molecular flexibility index (Phi) is 5.05. The summed E-state index contributed by atoms with van der Waals surface area (Å²) in [5.74, 6) is 1.34. The van der Waals surface area contributed by atoms with Gasteiger partial charge in [0.05, 0.1) is 12.4 Å². The van der Waals surface area contributed by atoms with Crippen molar-refractivity contribution in [3.05, 3.63) is 59.7 Å². The molecule has 2 aromatic rings. The Morgan fingerprint density at radius 2 is 1.93 bits per heavy atom. The number of epoxide rings is 1. The second-order valence-electron chi connectivity index (χ2n) is 6.41. The molecule has 4 rings (SSSR count). The fourth-order valence-electron chi connectivity index (χ4n) is 3.02. The Bertz CT molecular complexity index is 854. The Labute approximate surface area is 161 Å². The van der Waals surface area contributed by atoms with Gasteiger partial charge in [0, 0.05) is 0 Å². The molecule has 0 aromatic heterocycles. The van der Waals surface area contributed by atoms with E-state index in [4.69, 9.17) is 14.2 Å². The summed E-state index contributed by atoms with van der Waals surface area (Å²) in [6.45, 7) is 0.469. The summed E-state index contributed by atoms with van der Waals surface area (Å²) in [5, 5.41) is 1.67. The van der Waals surface area contributed by atoms with E-state index in [0.717, 1.165) is 34.4 Å². The lowest BCUT2D eigenvalue weighted by atomic mass is 10.1. The van der Waals surface area contributed by atoms with Crippen LogP contribution in [0.4, 0.5) is 4.79 Å². The molecule has 7 heteroatoms. The number of methoxy groups -OCH3 is 1. The fraction of sp³-hybridized carbons (Fsp3) is 0.300. The van der Waals surface area contributed by atoms with Gasteiger partial charge in [-0.05, 0) is 41.8 Å². The van der Waals surface area contributed by atoms with E-state index in [1.54, 1.807) is 7.11 Å². The number of imide groups is 1. The van der Waals surface area contributed by atoms with Crippen molar-refractivity contribution in [2.24, 2.45) is 0 Å². The molecule has 2 aliphatic rings. The maximum atomic E-state index is 11.6. The fourth-order valence-corrected chi connectivity index (χ4v) is 3.88. The average molecular weight is 385 g/mol. The molecule has 2 saturated heterocycles. The van der Waals surface area contributed by atoms with Crippen LogP contribution in [0.15, 0.2) is 48.5 Å². The van der Waals surface area contributed by atoms with E-state index in [9.17, 15) is 9.59 Å². The second-order valence-corrected chi connectivity index (χ2v) is 7.59. The lowest BCUT2D eigenvalue weighted by Gasteiger charge is -2.08. The van der Waals surface area contributed by atoms with E-state index >= 15 is 0 Å². The highest BCUT2D eigenvalue weighted by atomic mass is 32.2. The van der Waals surface area contributed by atoms with E-state index < -0.39 is 0 Å². The van der Waals surface area contributed by atoms with Gasteiger partial charge in [-0.25, -0.2) is 0 Å². The molecule has 2 fully saturated rings. The van der Waals surface area contributed by atoms with Crippen LogP contribution in [0.2, 0.25) is 0 Å². The molecule has 0 radical (unpaired) electrons. The molecule has 2 heterocycles. The normalized spacial score (nSPS) is 23.8. The molecular weight excluding hydrogens is 366 g/mol. The third-order valence-corrected chi connectivity index (χ3v) is 5.51. The van der Waals surface area contributed by atoms with Crippen molar-refractivity contribution in [1.29, 1.82) is 0 Å². The highest BCUT2D eigenvalue weighted by Crippen LogP contribution is 2.40. The van der Waals surface area contributed by atoms with Gasteiger partial charge in [-0.15, -0.1) is 0 Å². The molecule has 3 unspecified atom stereocenters. The molecule has 6 nitrogen and oxygen atoms in total. The summed E-state index contributed by atoms with van der Waals surface area (Å²) in [6, 6.07) is 15.4. The number of carbonyl (C=O) groups is 2. The summed E-state index contributed by atoms with van der Waals surface area (Å²) in [4.78, 5) is 22.8. The number of nitrogens with one attached hydrogen (secondary N) is 1. The van der Waals surface area contributed by atoms with Gasteiger partial charge in [-0.3, -0.25) is 14.9 Å². The monoisotopic (exact) mass is 385 g/mol. The van der Waals surface area contributed by atoms with Crippen molar-refractivity contribution >= 4 is 22.9 Å². The highest BCUT2D eigenvalue weighted by Gasteiger charge is 2.41. The van der Waals surface area contributed by atoms with E-state index in [1.807, 2.05) is 48.5 Å². The first-order valence-corrected chi connectivity index (χ1v) is 9.53. The zero-order valence-electron chi connectivity index (χ0n) is 14.7. The number of ether oxygens (including phenoxy) is 3. The molecule has 0 bridgehead atoms. The first-order chi connectivity index (χ1) is 13.1. The van der Waals surface area contributed by atoms with Gasteiger partial charge in [-0.2, -0.15) is 0 Å². The van der Waals surface area contributed by atoms with Gasteiger partial charge in [0.25, 0.3) is 5.24 Å². The smallest absolute Gasteiger partial charge is 0.286 e. The summed E-state index contributed by atoms with van der Waals surface area (Å²) in [6.07, 6.45) is 0.586. The largest absolute Gasteiger partial charge is 0.497 e. The minimum absolute atomic E-state index is 0.0291. The highest BCUT2D eigenvalue weighted by molar-refractivity contribution is 8.15. The molecule has 0 aliphatic carbocycles. The van der Waals surface area contributed by atoms with Crippen LogP contribution in [-0.4, -0.2) is 36.2 Å². The molecule has 3 atom stereocenters. The van der Waals surface area contributed by atoms with Crippen molar-refractivity contribution in [2.45, 2.75) is 23.9 Å². The molecule has 0 saturated carbocycles. The van der Waals surface area contributed by atoms with Crippen LogP contribution in [0.1, 0.15) is 17.2 Å². The Morgan fingerprint density at radius 1 is 1.11 bits per heavy atom. The third kappa shape index (κ3) is 4.26. The van der Waals surface area contributed by atoms with Crippen LogP contribution in [0.3, 0.4) is 0 Å². The van der Waals surface area contributed by atoms with Gasteiger partial charge in [-0.1, -0.05) is 36.0 Å². The minimum atomic E-state index is -0.354. The zero-order valence-corrected chi connectivity index (χ0v) is 15.5. The van der Waals surface area contributed by atoms with Crippen LogP contribution in [0.25, 0.3) is 0 Å². The number of carbonyl (C=O) groups excluding carboxylic acids is 2. The summed E-state index contributed by atoms with van der Waals surface area (Å²) >= 11 is 1.04. The van der Waals surface area contributed by atoms with E-state index in [1.165, 1.54) is 0 Å². The van der Waals surface area contributed by atoms with Gasteiger partial charge in [0.15, 0.2) is 0 Å². The van der Waals surface area contributed by atoms with Gasteiger partial charge >= 0.3 is 0 Å². The van der Waals surface area contributed by atoms with Crippen molar-refractivity contribution in [1.82, 2.24) is 5.32 Å². The van der Waals surface area contributed by atoms with Crippen LogP contribution < -0.4 is 14.8 Å². The molecular formula is C20H19NO5S. The molecule has 2 aromatic carbocycles. The van der Waals surface area contributed by atoms with Crippen LogP contribution in [0, 0.1) is 0 Å². The van der Waals surface area contributed by atoms with Crippen molar-refractivity contribution in [3.63, 3.8) is 0 Å². The van der Waals surface area contributed by atoms with Crippen LogP contribution in [0.5, 0.6) is 11.5 Å². The number of rotatable bonds is 7. The molecule has 1 N–H and O–H groups in total. The first-order valence-electron chi connectivity index (χ1n) is 8.65. The molecule has 0 spiro atoms. The predicted molar refractivity (Wildman–Crippen MR) is 101 cm³/mol. The number of amides is 2. The maximum Gasteiger partial charge on any atom is 0.286 e. The lowest BCUT2D eigenvalue weighted by molar-refractivity contribution is -0.118. The number of hydrogen-bond acceptors (Lipinski definition) is 6. The molecule has 140 valence electrons. The summed E-state index contributed by atoms with van der Waals surface area (Å²) < 4.78 is 16.7. The minimum Gasteiger partial charge on any atom is -0.497 e. The maximum absolute atomic E-state index is 11.6. The van der Waals surface area contributed by atoms with Gasteiger partial charge < -0.3 is 14.2 Å². The Morgan fingerprint density at radius 3 is 2.63 bits per heavy atom. The predicted octanol–water partition coefficient (Wildman–Crippen LogP) is 3.11. The van der Waals surface area contributed by atoms with Crippen molar-refractivity contribution in [2.75, 3.05) is 13.7 Å². The van der Waals surface area contributed by atoms with Gasteiger partial charge in [0.1, 0.15) is 30.3 Å². The Balaban J connectivity index is 1.27. The van der Waals surface area contributed by atoms with Crippen LogP contribution in [-0.2, 0) is 16.0 Å². The third-order valence-electron chi connectivity index (χ3n) is 4.53. The van der Waals surface area contributed by atoms with Crippen LogP contribution >= 0.6 is 11.8 Å². The lowest BCUT2D eigenvalue weighted by Crippen LogP contribution is -2.25. The molecule has 27 heavy (non-hydrogen) atoms. The average Bonchev–Trinajstić information content (AvgIpc) is 3.39. The van der Waals surface area contributed by atoms with E-state index in [-0.39, 0.29) is 28.6 Å². The summed E-state index contributed by atoms with van der Waals surface area (Å²) in [5.41, 5.74) is 2.07. The van der Waals surface area contributed by atoms with E-state index in [2.05, 4.69) is 5.32 Å². The quantitative estimate of drug-likeness (QED) is 0.738. The molecule has 2 aliphatic heterocycles. The number of thioether (sulfide) groups is 1.